The topological polar surface area (TPSA) is 29.1 Å². The molecule has 1 aliphatic rings. The normalized spacial score (nSPS) is 19.5. The Morgan fingerprint density at radius 3 is 3.00 bits per heavy atom. The van der Waals surface area contributed by atoms with Gasteiger partial charge >= 0.3 is 0 Å². The summed E-state index contributed by atoms with van der Waals surface area (Å²) in [6, 6.07) is 4.54. The number of carbonyl (C=O) groups is 1. The summed E-state index contributed by atoms with van der Waals surface area (Å²) in [7, 11) is 0. The first-order valence-electron chi connectivity index (χ1n) is 5.81. The van der Waals surface area contributed by atoms with Crippen LogP contribution in [0.4, 0.5) is 4.39 Å². The summed E-state index contributed by atoms with van der Waals surface area (Å²) in [5.74, 6) is 0.152. The number of hydrogen-bond donors (Lipinski definition) is 1. The lowest BCUT2D eigenvalue weighted by Gasteiger charge is -2.07. The molecule has 92 valence electrons. The van der Waals surface area contributed by atoms with Crippen molar-refractivity contribution in [1.29, 1.82) is 0 Å². The van der Waals surface area contributed by atoms with Crippen LogP contribution in [-0.4, -0.2) is 18.9 Å². The van der Waals surface area contributed by atoms with Gasteiger partial charge < -0.3 is 5.32 Å². The Morgan fingerprint density at radius 1 is 1.53 bits per heavy atom. The zero-order valence-corrected chi connectivity index (χ0v) is 10.3. The van der Waals surface area contributed by atoms with Crippen LogP contribution in [0.1, 0.15) is 18.4 Å². The lowest BCUT2D eigenvalue weighted by Crippen LogP contribution is -2.14. The molecule has 0 radical (unpaired) electrons. The molecule has 1 saturated heterocycles. The van der Waals surface area contributed by atoms with E-state index in [4.69, 9.17) is 11.6 Å². The maximum absolute atomic E-state index is 13.2. The van der Waals surface area contributed by atoms with Crippen LogP contribution in [-0.2, 0) is 11.2 Å². The van der Waals surface area contributed by atoms with E-state index in [0.29, 0.717) is 24.3 Å². The molecule has 1 aliphatic heterocycles. The molecule has 0 bridgehead atoms. The molecule has 1 fully saturated rings. The van der Waals surface area contributed by atoms with E-state index in [2.05, 4.69) is 5.32 Å². The van der Waals surface area contributed by atoms with Gasteiger partial charge in [0.05, 0.1) is 5.02 Å². The average Bonchev–Trinajstić information content (AvgIpc) is 2.76. The van der Waals surface area contributed by atoms with Gasteiger partial charge in [0.15, 0.2) is 0 Å². The summed E-state index contributed by atoms with van der Waals surface area (Å²) < 4.78 is 13.2. The van der Waals surface area contributed by atoms with Gasteiger partial charge in [0.2, 0.25) is 0 Å². The molecule has 1 aromatic rings. The van der Waals surface area contributed by atoms with Gasteiger partial charge in [0.25, 0.3) is 0 Å². The van der Waals surface area contributed by atoms with Gasteiger partial charge in [-0.3, -0.25) is 4.79 Å². The monoisotopic (exact) mass is 255 g/mol. The van der Waals surface area contributed by atoms with Gasteiger partial charge in [-0.1, -0.05) is 17.7 Å². The van der Waals surface area contributed by atoms with Crippen molar-refractivity contribution in [2.75, 3.05) is 13.1 Å². The molecule has 1 atom stereocenters. The summed E-state index contributed by atoms with van der Waals surface area (Å²) in [6.07, 6.45) is 1.93. The molecule has 0 aromatic heterocycles. The largest absolute Gasteiger partial charge is 0.316 e. The van der Waals surface area contributed by atoms with E-state index in [1.165, 1.54) is 12.1 Å². The predicted molar refractivity (Wildman–Crippen MR) is 65.7 cm³/mol. The molecule has 2 nitrogen and oxygen atoms in total. The molecule has 0 aliphatic carbocycles. The molecular formula is C13H15ClFNO. The van der Waals surface area contributed by atoms with Crippen LogP contribution in [0.15, 0.2) is 18.2 Å². The summed E-state index contributed by atoms with van der Waals surface area (Å²) in [5, 5.41) is 3.33. The SMILES string of the molecule is O=C(Cc1ccc(Cl)c(F)c1)CC1CCNC1. The highest BCUT2D eigenvalue weighted by Gasteiger charge is 2.18. The average molecular weight is 256 g/mol. The minimum absolute atomic E-state index is 0.0983. The van der Waals surface area contributed by atoms with E-state index in [0.717, 1.165) is 19.5 Å². The van der Waals surface area contributed by atoms with E-state index in [1.807, 2.05) is 0 Å². The van der Waals surface area contributed by atoms with Crippen LogP contribution >= 0.6 is 11.6 Å². The first kappa shape index (κ1) is 12.5. The molecule has 1 unspecified atom stereocenters. The van der Waals surface area contributed by atoms with E-state index < -0.39 is 5.82 Å². The third-order valence-electron chi connectivity index (χ3n) is 3.06. The zero-order valence-electron chi connectivity index (χ0n) is 9.51. The van der Waals surface area contributed by atoms with Crippen molar-refractivity contribution in [2.45, 2.75) is 19.3 Å². The maximum Gasteiger partial charge on any atom is 0.142 e. The fourth-order valence-electron chi connectivity index (χ4n) is 2.16. The summed E-state index contributed by atoms with van der Waals surface area (Å²) in [6.45, 7) is 1.91. The molecule has 4 heteroatoms. The second kappa shape index (κ2) is 5.61. The first-order chi connectivity index (χ1) is 8.15. The van der Waals surface area contributed by atoms with E-state index in [-0.39, 0.29) is 10.8 Å². The summed E-state index contributed by atoms with van der Waals surface area (Å²) in [4.78, 5) is 11.8. The second-order valence-electron chi connectivity index (χ2n) is 4.53. The summed E-state index contributed by atoms with van der Waals surface area (Å²) in [5.41, 5.74) is 0.697. The molecule has 0 spiro atoms. The lowest BCUT2D eigenvalue weighted by molar-refractivity contribution is -0.119. The van der Waals surface area contributed by atoms with E-state index in [9.17, 15) is 9.18 Å². The Balaban J connectivity index is 1.90. The second-order valence-corrected chi connectivity index (χ2v) is 4.93. The quantitative estimate of drug-likeness (QED) is 0.896. The van der Waals surface area contributed by atoms with Crippen LogP contribution in [0.25, 0.3) is 0 Å². The Labute approximate surface area is 105 Å². The third-order valence-corrected chi connectivity index (χ3v) is 3.37. The first-order valence-corrected chi connectivity index (χ1v) is 6.19. The number of halogens is 2. The Bertz CT molecular complexity index is 416. The molecule has 1 aromatic carbocycles. The smallest absolute Gasteiger partial charge is 0.142 e. The highest BCUT2D eigenvalue weighted by atomic mass is 35.5. The minimum Gasteiger partial charge on any atom is -0.316 e. The number of rotatable bonds is 4. The van der Waals surface area contributed by atoms with Gasteiger partial charge in [-0.15, -0.1) is 0 Å². The zero-order chi connectivity index (χ0) is 12.3. The van der Waals surface area contributed by atoms with Crippen molar-refractivity contribution in [3.8, 4) is 0 Å². The Morgan fingerprint density at radius 2 is 2.35 bits per heavy atom. The lowest BCUT2D eigenvalue weighted by atomic mass is 9.98. The Kier molecular flexibility index (Phi) is 4.13. The minimum atomic E-state index is -0.459. The standard InChI is InChI=1S/C13H15ClFNO/c14-12-2-1-9(7-13(12)15)5-11(17)6-10-3-4-16-8-10/h1-2,7,10,16H,3-6,8H2. The fraction of sp³-hybridized carbons (Fsp3) is 0.462. The predicted octanol–water partition coefficient (Wildman–Crippen LogP) is 2.59. The molecule has 0 amide bonds. The van der Waals surface area contributed by atoms with Crippen LogP contribution in [0.5, 0.6) is 0 Å². The number of carbonyl (C=O) groups excluding carboxylic acids is 1. The maximum atomic E-state index is 13.2. The number of nitrogens with one attached hydrogen (secondary N) is 1. The molecular weight excluding hydrogens is 241 g/mol. The summed E-state index contributed by atoms with van der Waals surface area (Å²) >= 11 is 5.59. The van der Waals surface area contributed by atoms with Crippen molar-refractivity contribution in [3.63, 3.8) is 0 Å². The van der Waals surface area contributed by atoms with Crippen LogP contribution in [0, 0.1) is 11.7 Å². The van der Waals surface area contributed by atoms with Crippen molar-refractivity contribution >= 4 is 17.4 Å². The Hall–Kier alpha value is -0.930. The molecule has 17 heavy (non-hydrogen) atoms. The number of Topliss-reactive ketones (excluding diaryl/α,β-unsaturated/α-hetero) is 1. The van der Waals surface area contributed by atoms with Crippen molar-refractivity contribution in [2.24, 2.45) is 5.92 Å². The highest BCUT2D eigenvalue weighted by Crippen LogP contribution is 2.18. The number of benzene rings is 1. The number of hydrogen-bond acceptors (Lipinski definition) is 2. The molecule has 1 N–H and O–H groups in total. The highest BCUT2D eigenvalue weighted by molar-refractivity contribution is 6.30. The van der Waals surface area contributed by atoms with Gasteiger partial charge in [0.1, 0.15) is 11.6 Å². The van der Waals surface area contributed by atoms with Crippen LogP contribution < -0.4 is 5.32 Å². The van der Waals surface area contributed by atoms with Gasteiger partial charge in [-0.25, -0.2) is 4.39 Å². The third kappa shape index (κ3) is 3.51. The molecule has 1 heterocycles. The van der Waals surface area contributed by atoms with Crippen molar-refractivity contribution in [3.05, 3.63) is 34.6 Å². The van der Waals surface area contributed by atoms with E-state index >= 15 is 0 Å². The number of ketones is 1. The molecule has 0 saturated carbocycles. The van der Waals surface area contributed by atoms with Crippen molar-refractivity contribution in [1.82, 2.24) is 5.32 Å². The molecule has 2 rings (SSSR count). The van der Waals surface area contributed by atoms with Gasteiger partial charge in [-0.2, -0.15) is 0 Å². The fourth-order valence-corrected chi connectivity index (χ4v) is 2.28. The van der Waals surface area contributed by atoms with Crippen LogP contribution in [0.2, 0.25) is 5.02 Å². The van der Waals surface area contributed by atoms with E-state index in [1.54, 1.807) is 6.07 Å². The van der Waals surface area contributed by atoms with Gasteiger partial charge in [-0.05, 0) is 43.1 Å². The van der Waals surface area contributed by atoms with Crippen molar-refractivity contribution < 1.29 is 9.18 Å². The van der Waals surface area contributed by atoms with Crippen LogP contribution in [0.3, 0.4) is 0 Å². The van der Waals surface area contributed by atoms with Gasteiger partial charge in [0, 0.05) is 12.8 Å².